The van der Waals surface area contributed by atoms with Gasteiger partial charge in [0.15, 0.2) is 0 Å². The van der Waals surface area contributed by atoms with E-state index in [1.807, 2.05) is 18.2 Å². The van der Waals surface area contributed by atoms with Crippen LogP contribution in [0.4, 0.5) is 5.82 Å². The van der Waals surface area contributed by atoms with Gasteiger partial charge in [0.05, 0.1) is 15.8 Å². The Kier molecular flexibility index (Phi) is 4.07. The summed E-state index contributed by atoms with van der Waals surface area (Å²) in [5, 5.41) is 3.91. The SMILES string of the molecule is CC(Cc1ccco1)Nc1ncc(Cl)cc1Br. The number of halogens is 2. The van der Waals surface area contributed by atoms with Crippen molar-refractivity contribution in [3.8, 4) is 0 Å². The molecule has 1 atom stereocenters. The number of aromatic nitrogens is 1. The normalized spacial score (nSPS) is 12.4. The fourth-order valence-corrected chi connectivity index (χ4v) is 2.29. The Morgan fingerprint density at radius 3 is 3.06 bits per heavy atom. The molecule has 0 saturated heterocycles. The molecular formula is C12H12BrClN2O. The number of pyridine rings is 1. The maximum Gasteiger partial charge on any atom is 0.140 e. The minimum Gasteiger partial charge on any atom is -0.469 e. The van der Waals surface area contributed by atoms with E-state index in [-0.39, 0.29) is 6.04 Å². The van der Waals surface area contributed by atoms with E-state index in [9.17, 15) is 0 Å². The summed E-state index contributed by atoms with van der Waals surface area (Å²) < 4.78 is 6.16. The Labute approximate surface area is 113 Å². The molecule has 90 valence electrons. The van der Waals surface area contributed by atoms with Crippen molar-refractivity contribution in [3.05, 3.63) is 45.9 Å². The first kappa shape index (κ1) is 12.5. The van der Waals surface area contributed by atoms with Crippen molar-refractivity contribution >= 4 is 33.3 Å². The number of hydrogen-bond donors (Lipinski definition) is 1. The highest BCUT2D eigenvalue weighted by molar-refractivity contribution is 9.10. The summed E-state index contributed by atoms with van der Waals surface area (Å²) in [5.74, 6) is 1.74. The molecule has 3 nitrogen and oxygen atoms in total. The van der Waals surface area contributed by atoms with Crippen LogP contribution in [0.15, 0.2) is 39.5 Å². The van der Waals surface area contributed by atoms with E-state index in [0.29, 0.717) is 5.02 Å². The Bertz CT molecular complexity index is 487. The zero-order chi connectivity index (χ0) is 12.3. The molecule has 0 aliphatic rings. The number of nitrogens with one attached hydrogen (secondary N) is 1. The number of hydrogen-bond acceptors (Lipinski definition) is 3. The average molecular weight is 316 g/mol. The Balaban J connectivity index is 2.00. The van der Waals surface area contributed by atoms with E-state index in [4.69, 9.17) is 16.0 Å². The van der Waals surface area contributed by atoms with Crippen LogP contribution in [0, 0.1) is 0 Å². The third-order valence-electron chi connectivity index (χ3n) is 2.28. The summed E-state index contributed by atoms with van der Waals surface area (Å²) in [4.78, 5) is 4.23. The molecule has 1 N–H and O–H groups in total. The van der Waals surface area contributed by atoms with E-state index in [2.05, 4.69) is 33.2 Å². The summed E-state index contributed by atoms with van der Waals surface area (Å²) in [7, 11) is 0. The second kappa shape index (κ2) is 5.56. The smallest absolute Gasteiger partial charge is 0.140 e. The van der Waals surface area contributed by atoms with Crippen molar-refractivity contribution in [2.75, 3.05) is 5.32 Å². The van der Waals surface area contributed by atoms with Crippen LogP contribution in [0.3, 0.4) is 0 Å². The van der Waals surface area contributed by atoms with Crippen molar-refractivity contribution in [2.24, 2.45) is 0 Å². The first-order chi connectivity index (χ1) is 8.15. The number of nitrogens with zero attached hydrogens (tertiary/aromatic N) is 1. The van der Waals surface area contributed by atoms with Gasteiger partial charge in [-0.2, -0.15) is 0 Å². The lowest BCUT2D eigenvalue weighted by Crippen LogP contribution is -2.18. The lowest BCUT2D eigenvalue weighted by molar-refractivity contribution is 0.497. The molecule has 0 aliphatic carbocycles. The molecule has 0 amide bonds. The molecule has 5 heteroatoms. The van der Waals surface area contributed by atoms with Gasteiger partial charge in [-0.05, 0) is 41.1 Å². The molecule has 0 spiro atoms. The predicted octanol–water partition coefficient (Wildman–Crippen LogP) is 4.13. The summed E-state index contributed by atoms with van der Waals surface area (Å²) in [6, 6.07) is 5.89. The first-order valence-corrected chi connectivity index (χ1v) is 6.42. The molecule has 0 aromatic carbocycles. The quantitative estimate of drug-likeness (QED) is 0.921. The van der Waals surface area contributed by atoms with Gasteiger partial charge < -0.3 is 9.73 Å². The first-order valence-electron chi connectivity index (χ1n) is 5.25. The molecule has 2 aromatic heterocycles. The van der Waals surface area contributed by atoms with Crippen molar-refractivity contribution in [1.82, 2.24) is 4.98 Å². The molecule has 2 aromatic rings. The van der Waals surface area contributed by atoms with Gasteiger partial charge in [-0.1, -0.05) is 11.6 Å². The highest BCUT2D eigenvalue weighted by Gasteiger charge is 2.09. The number of anilines is 1. The van der Waals surface area contributed by atoms with Crippen LogP contribution in [0.2, 0.25) is 5.02 Å². The van der Waals surface area contributed by atoms with E-state index >= 15 is 0 Å². The molecule has 0 bridgehead atoms. The Hall–Kier alpha value is -1.000. The molecule has 0 saturated carbocycles. The molecule has 0 radical (unpaired) electrons. The van der Waals surface area contributed by atoms with Crippen molar-refractivity contribution in [3.63, 3.8) is 0 Å². The van der Waals surface area contributed by atoms with Crippen LogP contribution in [0.1, 0.15) is 12.7 Å². The Morgan fingerprint density at radius 1 is 1.59 bits per heavy atom. The predicted molar refractivity (Wildman–Crippen MR) is 72.4 cm³/mol. The fourth-order valence-electron chi connectivity index (χ4n) is 1.54. The van der Waals surface area contributed by atoms with Crippen molar-refractivity contribution < 1.29 is 4.42 Å². The van der Waals surface area contributed by atoms with Gasteiger partial charge in [-0.15, -0.1) is 0 Å². The van der Waals surface area contributed by atoms with E-state index in [1.54, 1.807) is 12.5 Å². The number of rotatable bonds is 4. The van der Waals surface area contributed by atoms with Crippen LogP contribution in [0.25, 0.3) is 0 Å². The van der Waals surface area contributed by atoms with Crippen LogP contribution in [0.5, 0.6) is 0 Å². The van der Waals surface area contributed by atoms with Gasteiger partial charge in [-0.25, -0.2) is 4.98 Å². The molecule has 2 rings (SSSR count). The number of furan rings is 1. The summed E-state index contributed by atoms with van der Waals surface area (Å²) in [6.07, 6.45) is 4.11. The van der Waals surface area contributed by atoms with Crippen LogP contribution in [-0.2, 0) is 6.42 Å². The van der Waals surface area contributed by atoms with E-state index in [1.165, 1.54) is 0 Å². The maximum absolute atomic E-state index is 5.83. The lowest BCUT2D eigenvalue weighted by atomic mass is 10.2. The van der Waals surface area contributed by atoms with Gasteiger partial charge in [0.25, 0.3) is 0 Å². The van der Waals surface area contributed by atoms with Crippen molar-refractivity contribution in [1.29, 1.82) is 0 Å². The molecule has 0 fully saturated rings. The monoisotopic (exact) mass is 314 g/mol. The highest BCUT2D eigenvalue weighted by atomic mass is 79.9. The third kappa shape index (κ3) is 3.48. The topological polar surface area (TPSA) is 38.1 Å². The van der Waals surface area contributed by atoms with Crippen LogP contribution >= 0.6 is 27.5 Å². The van der Waals surface area contributed by atoms with Gasteiger partial charge in [-0.3, -0.25) is 0 Å². The fraction of sp³-hybridized carbons (Fsp3) is 0.250. The minimum absolute atomic E-state index is 0.228. The third-order valence-corrected chi connectivity index (χ3v) is 3.09. The highest BCUT2D eigenvalue weighted by Crippen LogP contribution is 2.24. The van der Waals surface area contributed by atoms with Crippen LogP contribution < -0.4 is 5.32 Å². The summed E-state index contributed by atoms with van der Waals surface area (Å²) in [5.41, 5.74) is 0. The standard InChI is InChI=1S/C12H12BrClN2O/c1-8(5-10-3-2-4-17-10)16-12-11(13)6-9(14)7-15-12/h2-4,6-8H,5H2,1H3,(H,15,16). The molecule has 17 heavy (non-hydrogen) atoms. The molecule has 1 unspecified atom stereocenters. The van der Waals surface area contributed by atoms with Crippen LogP contribution in [-0.4, -0.2) is 11.0 Å². The van der Waals surface area contributed by atoms with Gasteiger partial charge in [0, 0.05) is 18.7 Å². The molecular weight excluding hydrogens is 304 g/mol. The average Bonchev–Trinajstić information content (AvgIpc) is 2.75. The summed E-state index contributed by atoms with van der Waals surface area (Å²) in [6.45, 7) is 2.07. The van der Waals surface area contributed by atoms with E-state index < -0.39 is 0 Å². The minimum atomic E-state index is 0.228. The second-order valence-corrected chi connectivity index (χ2v) is 5.10. The Morgan fingerprint density at radius 2 is 2.41 bits per heavy atom. The molecule has 0 aliphatic heterocycles. The van der Waals surface area contributed by atoms with Gasteiger partial charge in [0.2, 0.25) is 0 Å². The van der Waals surface area contributed by atoms with Gasteiger partial charge >= 0.3 is 0 Å². The zero-order valence-corrected chi connectivity index (χ0v) is 11.6. The largest absolute Gasteiger partial charge is 0.469 e. The van der Waals surface area contributed by atoms with Crippen molar-refractivity contribution in [2.45, 2.75) is 19.4 Å². The zero-order valence-electron chi connectivity index (χ0n) is 9.28. The lowest BCUT2D eigenvalue weighted by Gasteiger charge is -2.14. The van der Waals surface area contributed by atoms with Gasteiger partial charge in [0.1, 0.15) is 11.6 Å². The second-order valence-electron chi connectivity index (χ2n) is 3.81. The summed E-state index contributed by atoms with van der Waals surface area (Å²) >= 11 is 9.25. The van der Waals surface area contributed by atoms with E-state index in [0.717, 1.165) is 22.5 Å². The molecule has 2 heterocycles. The maximum atomic E-state index is 5.83.